The number of aromatic nitrogens is 1. The monoisotopic (exact) mass is 373 g/mol. The van der Waals surface area contributed by atoms with Gasteiger partial charge in [-0.15, -0.1) is 0 Å². The van der Waals surface area contributed by atoms with Crippen molar-refractivity contribution >= 4 is 27.3 Å². The molecule has 1 amide bonds. The number of hydrogen-bond donors (Lipinski definition) is 1. The van der Waals surface area contributed by atoms with Crippen LogP contribution < -0.4 is 9.62 Å². The third kappa shape index (κ3) is 5.18. The number of benzene rings is 1. The molecule has 0 fully saturated rings. The zero-order valence-electron chi connectivity index (χ0n) is 13.0. The van der Waals surface area contributed by atoms with Crippen LogP contribution in [0.4, 0.5) is 24.5 Å². The van der Waals surface area contributed by atoms with Crippen molar-refractivity contribution in [1.29, 1.82) is 0 Å². The molecule has 0 aliphatic heterocycles. The van der Waals surface area contributed by atoms with Gasteiger partial charge in [-0.1, -0.05) is 6.07 Å². The average Bonchev–Trinajstić information content (AvgIpc) is 2.52. The molecule has 0 radical (unpaired) electrons. The molecule has 1 aromatic heterocycles. The molecular formula is C15H14F3N3O3S. The number of carbonyl (C=O) groups excluding carboxylic acids is 1. The SMILES string of the molecule is CS(=O)(=O)N(CC(=O)Nc1cccnc1)c1cccc(C(F)(F)F)c1. The van der Waals surface area contributed by atoms with Gasteiger partial charge in [0.05, 0.1) is 29.4 Å². The molecule has 0 unspecified atom stereocenters. The molecule has 1 heterocycles. The molecule has 0 aliphatic carbocycles. The van der Waals surface area contributed by atoms with Gasteiger partial charge in [0.25, 0.3) is 0 Å². The number of sulfonamides is 1. The van der Waals surface area contributed by atoms with Crippen molar-refractivity contribution in [3.05, 3.63) is 54.4 Å². The molecule has 2 rings (SSSR count). The fraction of sp³-hybridized carbons (Fsp3) is 0.200. The number of halogens is 3. The maximum atomic E-state index is 12.8. The van der Waals surface area contributed by atoms with Crippen LogP contribution in [-0.4, -0.2) is 32.1 Å². The van der Waals surface area contributed by atoms with Gasteiger partial charge in [-0.3, -0.25) is 14.1 Å². The fourth-order valence-corrected chi connectivity index (χ4v) is 2.85. The van der Waals surface area contributed by atoms with E-state index >= 15 is 0 Å². The minimum absolute atomic E-state index is 0.251. The third-order valence-electron chi connectivity index (χ3n) is 3.09. The van der Waals surface area contributed by atoms with Crippen molar-refractivity contribution in [2.45, 2.75) is 6.18 Å². The number of carbonyl (C=O) groups is 1. The van der Waals surface area contributed by atoms with Gasteiger partial charge in [-0.25, -0.2) is 8.42 Å². The highest BCUT2D eigenvalue weighted by atomic mass is 32.2. The summed E-state index contributed by atoms with van der Waals surface area (Å²) in [7, 11) is -3.98. The summed E-state index contributed by atoms with van der Waals surface area (Å²) in [5, 5.41) is 2.43. The Kier molecular flexibility index (Phi) is 5.31. The fourth-order valence-electron chi connectivity index (χ4n) is 2.01. The predicted octanol–water partition coefficient (Wildman–Crippen LogP) is 2.51. The Morgan fingerprint density at radius 2 is 1.96 bits per heavy atom. The smallest absolute Gasteiger partial charge is 0.323 e. The first kappa shape index (κ1) is 18.7. The first-order valence-electron chi connectivity index (χ1n) is 6.92. The molecule has 1 aromatic carbocycles. The van der Waals surface area contributed by atoms with Gasteiger partial charge in [0, 0.05) is 6.20 Å². The van der Waals surface area contributed by atoms with Crippen LogP contribution in [0.2, 0.25) is 0 Å². The maximum Gasteiger partial charge on any atom is 0.416 e. The van der Waals surface area contributed by atoms with E-state index in [0.29, 0.717) is 16.1 Å². The molecule has 25 heavy (non-hydrogen) atoms. The number of alkyl halides is 3. The van der Waals surface area contributed by atoms with Crippen LogP contribution in [0.25, 0.3) is 0 Å². The van der Waals surface area contributed by atoms with Crippen LogP contribution in [-0.2, 0) is 21.0 Å². The Morgan fingerprint density at radius 1 is 1.24 bits per heavy atom. The van der Waals surface area contributed by atoms with Crippen molar-refractivity contribution in [3.8, 4) is 0 Å². The van der Waals surface area contributed by atoms with Gasteiger partial charge in [-0.2, -0.15) is 13.2 Å². The minimum Gasteiger partial charge on any atom is -0.323 e. The molecule has 134 valence electrons. The summed E-state index contributed by atoms with van der Waals surface area (Å²) in [5.41, 5.74) is -0.921. The normalized spacial score (nSPS) is 11.8. The molecule has 10 heteroatoms. The largest absolute Gasteiger partial charge is 0.416 e. The summed E-state index contributed by atoms with van der Waals surface area (Å²) in [6.07, 6.45) is -0.976. The number of rotatable bonds is 5. The lowest BCUT2D eigenvalue weighted by Gasteiger charge is -2.22. The molecular weight excluding hydrogens is 359 g/mol. The lowest BCUT2D eigenvalue weighted by atomic mass is 10.2. The topological polar surface area (TPSA) is 79.4 Å². The standard InChI is InChI=1S/C15H14F3N3O3S/c1-25(23,24)21(10-14(22)20-12-5-3-7-19-9-12)13-6-2-4-11(8-13)15(16,17)18/h2-9H,10H2,1H3,(H,20,22). The van der Waals surface area contributed by atoms with Gasteiger partial charge in [-0.05, 0) is 30.3 Å². The van der Waals surface area contributed by atoms with Crippen molar-refractivity contribution < 1.29 is 26.4 Å². The summed E-state index contributed by atoms with van der Waals surface area (Å²) in [5.74, 6) is -0.712. The Balaban J connectivity index is 2.27. The minimum atomic E-state index is -4.63. The summed E-state index contributed by atoms with van der Waals surface area (Å²) in [4.78, 5) is 15.8. The Hall–Kier alpha value is -2.62. The number of anilines is 2. The van der Waals surface area contributed by atoms with Crippen molar-refractivity contribution in [2.75, 3.05) is 22.4 Å². The first-order chi connectivity index (χ1) is 11.6. The quantitative estimate of drug-likeness (QED) is 0.873. The summed E-state index contributed by atoms with van der Waals surface area (Å²) in [6.45, 7) is -0.672. The molecule has 0 aliphatic rings. The number of pyridine rings is 1. The van der Waals surface area contributed by atoms with E-state index in [2.05, 4.69) is 10.3 Å². The summed E-state index contributed by atoms with van der Waals surface area (Å²) >= 11 is 0. The van der Waals surface area contributed by atoms with E-state index in [4.69, 9.17) is 0 Å². The maximum absolute atomic E-state index is 12.8. The zero-order valence-corrected chi connectivity index (χ0v) is 13.8. The van der Waals surface area contributed by atoms with Crippen molar-refractivity contribution in [1.82, 2.24) is 4.98 Å². The number of amides is 1. The van der Waals surface area contributed by atoms with E-state index in [0.717, 1.165) is 18.4 Å². The number of hydrogen-bond acceptors (Lipinski definition) is 4. The number of nitrogens with zero attached hydrogens (tertiary/aromatic N) is 2. The zero-order chi connectivity index (χ0) is 18.7. The van der Waals surface area contributed by atoms with Crippen LogP contribution in [0.5, 0.6) is 0 Å². The van der Waals surface area contributed by atoms with Gasteiger partial charge in [0.1, 0.15) is 6.54 Å². The predicted molar refractivity (Wildman–Crippen MR) is 86.5 cm³/mol. The van der Waals surface area contributed by atoms with Gasteiger partial charge in [0.2, 0.25) is 15.9 Å². The number of nitrogens with one attached hydrogen (secondary N) is 1. The summed E-state index contributed by atoms with van der Waals surface area (Å²) in [6, 6.07) is 6.87. The van der Waals surface area contributed by atoms with Crippen LogP contribution in [0.15, 0.2) is 48.8 Å². The van der Waals surface area contributed by atoms with Crippen molar-refractivity contribution in [2.24, 2.45) is 0 Å². The molecule has 0 saturated carbocycles. The third-order valence-corrected chi connectivity index (χ3v) is 4.23. The van der Waals surface area contributed by atoms with E-state index in [1.807, 2.05) is 0 Å². The highest BCUT2D eigenvalue weighted by Crippen LogP contribution is 2.32. The summed E-state index contributed by atoms with van der Waals surface area (Å²) < 4.78 is 62.9. The highest BCUT2D eigenvalue weighted by molar-refractivity contribution is 7.92. The van der Waals surface area contributed by atoms with E-state index in [-0.39, 0.29) is 5.69 Å². The Bertz CT molecular complexity index is 855. The average molecular weight is 373 g/mol. The van der Waals surface area contributed by atoms with Crippen LogP contribution in [0.1, 0.15) is 5.56 Å². The molecule has 1 N–H and O–H groups in total. The van der Waals surface area contributed by atoms with E-state index in [1.165, 1.54) is 18.5 Å². The highest BCUT2D eigenvalue weighted by Gasteiger charge is 2.32. The van der Waals surface area contributed by atoms with Gasteiger partial charge < -0.3 is 5.32 Å². The van der Waals surface area contributed by atoms with E-state index in [1.54, 1.807) is 12.1 Å². The molecule has 6 nitrogen and oxygen atoms in total. The molecule has 0 spiro atoms. The Labute approximate surface area is 142 Å². The van der Waals surface area contributed by atoms with E-state index in [9.17, 15) is 26.4 Å². The van der Waals surface area contributed by atoms with Gasteiger partial charge >= 0.3 is 6.18 Å². The Morgan fingerprint density at radius 3 is 2.52 bits per heavy atom. The molecule has 0 saturated heterocycles. The first-order valence-corrected chi connectivity index (χ1v) is 8.77. The van der Waals surface area contributed by atoms with Crippen molar-refractivity contribution in [3.63, 3.8) is 0 Å². The van der Waals surface area contributed by atoms with Gasteiger partial charge in [0.15, 0.2) is 0 Å². The second-order valence-electron chi connectivity index (χ2n) is 5.11. The van der Waals surface area contributed by atoms with E-state index < -0.39 is 34.2 Å². The van der Waals surface area contributed by atoms with Crippen LogP contribution >= 0.6 is 0 Å². The lowest BCUT2D eigenvalue weighted by Crippen LogP contribution is -2.37. The molecule has 2 aromatic rings. The lowest BCUT2D eigenvalue weighted by molar-refractivity contribution is -0.137. The van der Waals surface area contributed by atoms with Crippen LogP contribution in [0, 0.1) is 0 Å². The molecule has 0 bridgehead atoms. The molecule has 0 atom stereocenters. The second kappa shape index (κ2) is 7.09. The second-order valence-corrected chi connectivity index (χ2v) is 7.01. The van der Waals surface area contributed by atoms with Crippen LogP contribution in [0.3, 0.4) is 0 Å².